The predicted octanol–water partition coefficient (Wildman–Crippen LogP) is 6.74. The molecule has 9 heteroatoms. The third-order valence-electron chi connectivity index (χ3n) is 6.11. The first-order valence-electron chi connectivity index (χ1n) is 11.5. The molecule has 8 nitrogen and oxygen atoms in total. The van der Waals surface area contributed by atoms with Crippen LogP contribution in [0.5, 0.6) is 5.75 Å². The van der Waals surface area contributed by atoms with Crippen LogP contribution in [0.1, 0.15) is 50.0 Å². The van der Waals surface area contributed by atoms with E-state index in [0.29, 0.717) is 41.3 Å². The zero-order valence-electron chi connectivity index (χ0n) is 19.5. The minimum atomic E-state index is -0.765. The van der Waals surface area contributed by atoms with Gasteiger partial charge in [0.15, 0.2) is 5.76 Å². The van der Waals surface area contributed by atoms with E-state index in [0.717, 1.165) is 22.9 Å². The lowest BCUT2D eigenvalue weighted by Crippen LogP contribution is -2.29. The van der Waals surface area contributed by atoms with Crippen molar-refractivity contribution in [3.05, 3.63) is 64.3 Å². The normalized spacial score (nSPS) is 18.5. The number of carboxylic acid groups (broad SMARTS) is 1. The molecule has 0 bridgehead atoms. The summed E-state index contributed by atoms with van der Waals surface area (Å²) in [7, 11) is 0. The average molecular weight is 543 g/mol. The number of hydrogen-bond donors (Lipinski definition) is 2. The summed E-state index contributed by atoms with van der Waals surface area (Å²) in [4.78, 5) is 23.9. The molecular weight excluding hydrogens is 516 g/mol. The minimum Gasteiger partial charge on any atom is -0.490 e. The van der Waals surface area contributed by atoms with Gasteiger partial charge in [-0.1, -0.05) is 39.3 Å². The Kier molecular flexibility index (Phi) is 7.75. The van der Waals surface area contributed by atoms with E-state index < -0.39 is 18.2 Å². The number of aliphatic carboxylic acids is 1. The first kappa shape index (κ1) is 24.8. The molecule has 2 unspecified atom stereocenters. The van der Waals surface area contributed by atoms with Gasteiger partial charge in [0, 0.05) is 15.6 Å². The number of amides is 1. The van der Waals surface area contributed by atoms with Gasteiger partial charge in [0.2, 0.25) is 0 Å². The molecule has 2 aromatic carbocycles. The molecule has 0 aliphatic heterocycles. The van der Waals surface area contributed by atoms with Crippen molar-refractivity contribution >= 4 is 33.7 Å². The van der Waals surface area contributed by atoms with E-state index in [4.69, 9.17) is 14.0 Å². The van der Waals surface area contributed by atoms with Gasteiger partial charge in [0.25, 0.3) is 0 Å². The molecule has 0 saturated heterocycles. The fourth-order valence-electron chi connectivity index (χ4n) is 4.23. The molecule has 1 aliphatic rings. The lowest BCUT2D eigenvalue weighted by atomic mass is 9.87. The molecule has 1 heterocycles. The molecule has 0 radical (unpaired) electrons. The number of aromatic nitrogens is 1. The van der Waals surface area contributed by atoms with Crippen molar-refractivity contribution in [2.45, 2.75) is 51.7 Å². The van der Waals surface area contributed by atoms with Crippen LogP contribution in [0.3, 0.4) is 0 Å². The molecule has 3 atom stereocenters. The van der Waals surface area contributed by atoms with Gasteiger partial charge >= 0.3 is 12.1 Å². The predicted molar refractivity (Wildman–Crippen MR) is 133 cm³/mol. The summed E-state index contributed by atoms with van der Waals surface area (Å²) < 4.78 is 17.9. The van der Waals surface area contributed by atoms with Crippen LogP contribution < -0.4 is 10.1 Å². The molecule has 35 heavy (non-hydrogen) atoms. The first-order valence-corrected chi connectivity index (χ1v) is 12.3. The van der Waals surface area contributed by atoms with Gasteiger partial charge in [-0.15, -0.1) is 0 Å². The Morgan fingerprint density at radius 3 is 2.63 bits per heavy atom. The van der Waals surface area contributed by atoms with E-state index >= 15 is 0 Å². The fourth-order valence-corrected chi connectivity index (χ4v) is 4.84. The second-order valence-corrected chi connectivity index (χ2v) is 9.49. The Hall–Kier alpha value is -3.33. The Morgan fingerprint density at radius 2 is 1.91 bits per heavy atom. The fraction of sp³-hybridized carbons (Fsp3) is 0.346. The number of carboxylic acids is 1. The van der Waals surface area contributed by atoms with Gasteiger partial charge in [-0.25, -0.2) is 4.79 Å². The lowest BCUT2D eigenvalue weighted by Gasteiger charge is -2.27. The van der Waals surface area contributed by atoms with Gasteiger partial charge in [-0.2, -0.15) is 0 Å². The summed E-state index contributed by atoms with van der Waals surface area (Å²) >= 11 is 3.47. The number of benzene rings is 2. The van der Waals surface area contributed by atoms with Crippen molar-refractivity contribution < 1.29 is 28.7 Å². The van der Waals surface area contributed by atoms with Crippen molar-refractivity contribution in [1.82, 2.24) is 5.16 Å². The number of hydrogen-bond acceptors (Lipinski definition) is 6. The van der Waals surface area contributed by atoms with E-state index in [1.165, 1.54) is 0 Å². The summed E-state index contributed by atoms with van der Waals surface area (Å²) in [6, 6.07) is 14.8. The topological polar surface area (TPSA) is 111 Å². The van der Waals surface area contributed by atoms with Crippen LogP contribution in [0.2, 0.25) is 0 Å². The molecule has 1 amide bonds. The number of nitrogens with zero attached hydrogens (tertiary/aromatic N) is 1. The van der Waals surface area contributed by atoms with E-state index in [9.17, 15) is 14.7 Å². The van der Waals surface area contributed by atoms with Gasteiger partial charge < -0.3 is 19.1 Å². The zero-order valence-corrected chi connectivity index (χ0v) is 21.1. The molecule has 1 aromatic heterocycles. The molecular formula is C26H27BrN2O6. The third kappa shape index (κ3) is 6.03. The Morgan fingerprint density at radius 1 is 1.17 bits per heavy atom. The van der Waals surface area contributed by atoms with Crippen molar-refractivity contribution in [1.29, 1.82) is 0 Å². The van der Waals surface area contributed by atoms with Gasteiger partial charge in [0.05, 0.1) is 12.0 Å². The molecule has 4 rings (SSSR count). The molecule has 3 aromatic rings. The van der Waals surface area contributed by atoms with Crippen LogP contribution >= 0.6 is 15.9 Å². The minimum absolute atomic E-state index is 0.123. The monoisotopic (exact) mass is 542 g/mol. The van der Waals surface area contributed by atoms with Crippen molar-refractivity contribution in [3.63, 3.8) is 0 Å². The standard InChI is InChI=1S/C26H27BrN2O6/c1-15-23(28-26(32)33-16(2)21-8-3-4-9-22(21)27)24(35-29-15)17-10-12-19(13-11-17)34-20-7-5-6-18(14-20)25(30)31/h3-4,8-13,16,18,20H,5-7,14H2,1-2H3,(H,28,32)(H,30,31)/t16-,18?,20?/m1/s1. The Labute approximate surface area is 211 Å². The highest BCUT2D eigenvalue weighted by atomic mass is 79.9. The van der Waals surface area contributed by atoms with Crippen LogP contribution in [0.25, 0.3) is 11.3 Å². The quantitative estimate of drug-likeness (QED) is 0.339. The second kappa shape index (κ2) is 10.9. The maximum absolute atomic E-state index is 12.6. The van der Waals surface area contributed by atoms with Crippen LogP contribution in [0.4, 0.5) is 10.5 Å². The lowest BCUT2D eigenvalue weighted by molar-refractivity contribution is -0.143. The molecule has 1 aliphatic carbocycles. The maximum Gasteiger partial charge on any atom is 0.412 e. The Balaban J connectivity index is 1.42. The largest absolute Gasteiger partial charge is 0.490 e. The summed E-state index contributed by atoms with van der Waals surface area (Å²) in [6.07, 6.45) is 1.66. The van der Waals surface area contributed by atoms with Gasteiger partial charge in [-0.3, -0.25) is 10.1 Å². The number of aryl methyl sites for hydroxylation is 1. The first-order chi connectivity index (χ1) is 16.8. The molecule has 2 N–H and O–H groups in total. The van der Waals surface area contributed by atoms with Crippen LogP contribution in [0, 0.1) is 12.8 Å². The van der Waals surface area contributed by atoms with E-state index in [1.807, 2.05) is 36.4 Å². The van der Waals surface area contributed by atoms with E-state index in [1.54, 1.807) is 26.0 Å². The van der Waals surface area contributed by atoms with E-state index in [2.05, 4.69) is 26.4 Å². The average Bonchev–Trinajstić information content (AvgIpc) is 3.19. The van der Waals surface area contributed by atoms with Crippen molar-refractivity contribution in [2.75, 3.05) is 5.32 Å². The SMILES string of the molecule is Cc1noc(-c2ccc(OC3CCCC(C(=O)O)C3)cc2)c1NC(=O)O[C@H](C)c1ccccc1Br. The summed E-state index contributed by atoms with van der Waals surface area (Å²) in [6.45, 7) is 3.53. The number of halogens is 1. The third-order valence-corrected chi connectivity index (χ3v) is 6.83. The highest BCUT2D eigenvalue weighted by Crippen LogP contribution is 2.34. The molecule has 184 valence electrons. The number of carbonyl (C=O) groups excluding carboxylic acids is 1. The second-order valence-electron chi connectivity index (χ2n) is 8.63. The number of ether oxygens (including phenoxy) is 2. The highest BCUT2D eigenvalue weighted by molar-refractivity contribution is 9.10. The smallest absolute Gasteiger partial charge is 0.412 e. The number of rotatable bonds is 7. The van der Waals surface area contributed by atoms with Crippen LogP contribution in [-0.2, 0) is 9.53 Å². The van der Waals surface area contributed by atoms with Crippen molar-refractivity contribution in [2.24, 2.45) is 5.92 Å². The van der Waals surface area contributed by atoms with Crippen molar-refractivity contribution in [3.8, 4) is 17.1 Å². The number of anilines is 1. The van der Waals surface area contributed by atoms with Gasteiger partial charge in [-0.05, 0) is 69.9 Å². The van der Waals surface area contributed by atoms with Crippen LogP contribution in [-0.4, -0.2) is 28.4 Å². The number of carbonyl (C=O) groups is 2. The maximum atomic E-state index is 12.6. The summed E-state index contributed by atoms with van der Waals surface area (Å²) in [5.74, 6) is -0.0663. The molecule has 0 spiro atoms. The summed E-state index contributed by atoms with van der Waals surface area (Å²) in [5, 5.41) is 16.0. The van der Waals surface area contributed by atoms with Crippen LogP contribution in [0.15, 0.2) is 57.5 Å². The highest BCUT2D eigenvalue weighted by Gasteiger charge is 2.28. The summed E-state index contributed by atoms with van der Waals surface area (Å²) in [5.41, 5.74) is 2.51. The Bertz CT molecular complexity index is 1190. The zero-order chi connectivity index (χ0) is 24.9. The molecule has 1 fully saturated rings. The van der Waals surface area contributed by atoms with Gasteiger partial charge in [0.1, 0.15) is 23.2 Å². The van der Waals surface area contributed by atoms with E-state index in [-0.39, 0.29) is 12.0 Å². The molecule has 1 saturated carbocycles. The number of nitrogens with one attached hydrogen (secondary N) is 1.